The first-order valence-electron chi connectivity index (χ1n) is 6.14. The zero-order valence-corrected chi connectivity index (χ0v) is 10.9. The van der Waals surface area contributed by atoms with Crippen LogP contribution in [0.15, 0.2) is 30.6 Å². The van der Waals surface area contributed by atoms with Crippen LogP contribution in [0, 0.1) is 0 Å². The smallest absolute Gasteiger partial charge is 0.256 e. The van der Waals surface area contributed by atoms with Gasteiger partial charge in [-0.05, 0) is 43.5 Å². The molecule has 1 amide bonds. The summed E-state index contributed by atoms with van der Waals surface area (Å²) < 4.78 is 0. The summed E-state index contributed by atoms with van der Waals surface area (Å²) in [4.78, 5) is 20.5. The number of fused-ring (bicyclic) bond motifs is 1. The average molecular weight is 274 g/mol. The van der Waals surface area contributed by atoms with Crippen molar-refractivity contribution >= 4 is 23.3 Å². The molecule has 0 fully saturated rings. The topological polar surface area (TPSA) is 54.9 Å². The van der Waals surface area contributed by atoms with Gasteiger partial charge in [0.15, 0.2) is 0 Å². The van der Waals surface area contributed by atoms with Crippen molar-refractivity contribution in [3.8, 4) is 0 Å². The van der Waals surface area contributed by atoms with E-state index in [1.807, 2.05) is 0 Å². The maximum Gasteiger partial charge on any atom is 0.256 e. The van der Waals surface area contributed by atoms with Gasteiger partial charge in [-0.3, -0.25) is 4.79 Å². The molecular weight excluding hydrogens is 262 g/mol. The Hall–Kier alpha value is -1.94. The first kappa shape index (κ1) is 12.1. The molecule has 3 rings (SSSR count). The molecule has 5 heteroatoms. The molecule has 0 aliphatic heterocycles. The van der Waals surface area contributed by atoms with Crippen LogP contribution in [0.4, 0.5) is 5.82 Å². The maximum absolute atomic E-state index is 12.1. The van der Waals surface area contributed by atoms with Gasteiger partial charge < -0.3 is 5.32 Å². The van der Waals surface area contributed by atoms with Gasteiger partial charge in [0.2, 0.25) is 0 Å². The second-order valence-electron chi connectivity index (χ2n) is 4.46. The Morgan fingerprint density at radius 3 is 2.74 bits per heavy atom. The number of hydrogen-bond acceptors (Lipinski definition) is 3. The Bertz CT molecular complexity index is 625. The minimum absolute atomic E-state index is 0.176. The molecule has 2 aromatic rings. The highest BCUT2D eigenvalue weighted by Gasteiger charge is 2.18. The van der Waals surface area contributed by atoms with Gasteiger partial charge in [-0.1, -0.05) is 11.6 Å². The summed E-state index contributed by atoms with van der Waals surface area (Å²) in [5, 5.41) is 3.46. The van der Waals surface area contributed by atoms with Crippen LogP contribution < -0.4 is 5.32 Å². The van der Waals surface area contributed by atoms with Crippen LogP contribution in [0.1, 0.15) is 28.0 Å². The number of carbonyl (C=O) groups excluding carboxylic acids is 1. The van der Waals surface area contributed by atoms with Crippen molar-refractivity contribution in [1.29, 1.82) is 0 Å². The third-order valence-electron chi connectivity index (χ3n) is 3.21. The lowest BCUT2D eigenvalue weighted by atomic mass is 10.2. The number of aryl methyl sites for hydroxylation is 1. The Balaban J connectivity index is 1.84. The fourth-order valence-electron chi connectivity index (χ4n) is 2.25. The second kappa shape index (κ2) is 4.97. The van der Waals surface area contributed by atoms with E-state index in [1.165, 1.54) is 6.33 Å². The van der Waals surface area contributed by atoms with Crippen LogP contribution in [0.2, 0.25) is 5.02 Å². The number of hydrogen-bond donors (Lipinski definition) is 1. The first-order valence-corrected chi connectivity index (χ1v) is 6.51. The average Bonchev–Trinajstić information content (AvgIpc) is 2.89. The van der Waals surface area contributed by atoms with Gasteiger partial charge in [0.1, 0.15) is 12.1 Å². The molecule has 1 aromatic carbocycles. The Kier molecular flexibility index (Phi) is 3.17. The Labute approximate surface area is 115 Å². The molecule has 1 aliphatic rings. The number of carbonyl (C=O) groups is 1. The maximum atomic E-state index is 12.1. The predicted octanol–water partition coefficient (Wildman–Crippen LogP) is 2.87. The van der Waals surface area contributed by atoms with Crippen molar-refractivity contribution in [3.63, 3.8) is 0 Å². The van der Waals surface area contributed by atoms with Crippen LogP contribution in [0.3, 0.4) is 0 Å². The van der Waals surface area contributed by atoms with Crippen LogP contribution >= 0.6 is 11.6 Å². The normalized spacial score (nSPS) is 13.1. The highest BCUT2D eigenvalue weighted by molar-refractivity contribution is 6.30. The molecule has 96 valence electrons. The summed E-state index contributed by atoms with van der Waals surface area (Å²) in [7, 11) is 0. The summed E-state index contributed by atoms with van der Waals surface area (Å²) >= 11 is 5.80. The van der Waals surface area contributed by atoms with E-state index in [-0.39, 0.29) is 5.91 Å². The van der Waals surface area contributed by atoms with E-state index in [0.29, 0.717) is 16.4 Å². The van der Waals surface area contributed by atoms with Gasteiger partial charge in [0.25, 0.3) is 5.91 Å². The molecule has 1 aromatic heterocycles. The molecule has 0 bridgehead atoms. The quantitative estimate of drug-likeness (QED) is 0.915. The fraction of sp³-hybridized carbons (Fsp3) is 0.214. The largest absolute Gasteiger partial charge is 0.306 e. The highest BCUT2D eigenvalue weighted by Crippen LogP contribution is 2.25. The van der Waals surface area contributed by atoms with Crippen molar-refractivity contribution in [2.75, 3.05) is 5.32 Å². The van der Waals surface area contributed by atoms with E-state index in [9.17, 15) is 4.79 Å². The minimum atomic E-state index is -0.176. The molecule has 1 heterocycles. The summed E-state index contributed by atoms with van der Waals surface area (Å²) in [6.45, 7) is 0. The fourth-order valence-corrected chi connectivity index (χ4v) is 2.37. The number of rotatable bonds is 2. The van der Waals surface area contributed by atoms with Crippen LogP contribution in [0.5, 0.6) is 0 Å². The van der Waals surface area contributed by atoms with Gasteiger partial charge >= 0.3 is 0 Å². The van der Waals surface area contributed by atoms with Gasteiger partial charge in [0.05, 0.1) is 0 Å². The molecule has 0 saturated heterocycles. The van der Waals surface area contributed by atoms with E-state index in [2.05, 4.69) is 15.3 Å². The van der Waals surface area contributed by atoms with Crippen molar-refractivity contribution in [2.24, 2.45) is 0 Å². The first-order chi connectivity index (χ1) is 9.24. The molecule has 0 unspecified atom stereocenters. The number of nitrogens with zero attached hydrogens (tertiary/aromatic N) is 2. The number of anilines is 1. The van der Waals surface area contributed by atoms with Crippen LogP contribution in [-0.4, -0.2) is 15.9 Å². The molecule has 0 radical (unpaired) electrons. The van der Waals surface area contributed by atoms with E-state index in [1.54, 1.807) is 24.3 Å². The van der Waals surface area contributed by atoms with Gasteiger partial charge in [-0.2, -0.15) is 0 Å². The van der Waals surface area contributed by atoms with E-state index >= 15 is 0 Å². The van der Waals surface area contributed by atoms with E-state index in [0.717, 1.165) is 30.5 Å². The molecular formula is C14H12ClN3O. The monoisotopic (exact) mass is 273 g/mol. The molecule has 19 heavy (non-hydrogen) atoms. The lowest BCUT2D eigenvalue weighted by Gasteiger charge is -2.08. The molecule has 4 nitrogen and oxygen atoms in total. The number of nitrogens with one attached hydrogen (secondary N) is 1. The summed E-state index contributed by atoms with van der Waals surface area (Å²) in [6.07, 6.45) is 4.45. The number of benzene rings is 1. The molecule has 0 spiro atoms. The standard InChI is InChI=1S/C14H12ClN3O/c15-10-6-4-9(5-7-10)14(19)18-13-11-2-1-3-12(11)16-8-17-13/h4-8H,1-3H2,(H,16,17,18,19). The second-order valence-corrected chi connectivity index (χ2v) is 4.90. The van der Waals surface area contributed by atoms with Gasteiger partial charge in [-0.25, -0.2) is 9.97 Å². The van der Waals surface area contributed by atoms with Gasteiger partial charge in [0, 0.05) is 21.8 Å². The van der Waals surface area contributed by atoms with E-state index in [4.69, 9.17) is 11.6 Å². The van der Waals surface area contributed by atoms with Crippen LogP contribution in [0.25, 0.3) is 0 Å². The van der Waals surface area contributed by atoms with E-state index < -0.39 is 0 Å². The lowest BCUT2D eigenvalue weighted by molar-refractivity contribution is 0.102. The van der Waals surface area contributed by atoms with Crippen molar-refractivity contribution in [2.45, 2.75) is 19.3 Å². The number of aromatic nitrogens is 2. The molecule has 0 atom stereocenters. The van der Waals surface area contributed by atoms with Gasteiger partial charge in [-0.15, -0.1) is 0 Å². The zero-order chi connectivity index (χ0) is 13.2. The zero-order valence-electron chi connectivity index (χ0n) is 10.2. The molecule has 0 saturated carbocycles. The lowest BCUT2D eigenvalue weighted by Crippen LogP contribution is -2.14. The number of amides is 1. The molecule has 1 aliphatic carbocycles. The van der Waals surface area contributed by atoms with Crippen LogP contribution in [-0.2, 0) is 12.8 Å². The van der Waals surface area contributed by atoms with Crippen molar-refractivity contribution in [1.82, 2.24) is 9.97 Å². The Morgan fingerprint density at radius 1 is 1.16 bits per heavy atom. The highest BCUT2D eigenvalue weighted by atomic mass is 35.5. The number of halogens is 1. The Morgan fingerprint density at radius 2 is 1.95 bits per heavy atom. The SMILES string of the molecule is O=C(Nc1ncnc2c1CCC2)c1ccc(Cl)cc1. The molecule has 1 N–H and O–H groups in total. The summed E-state index contributed by atoms with van der Waals surface area (Å²) in [5.41, 5.74) is 2.67. The summed E-state index contributed by atoms with van der Waals surface area (Å²) in [6, 6.07) is 6.78. The van der Waals surface area contributed by atoms with Crippen molar-refractivity contribution < 1.29 is 4.79 Å². The summed E-state index contributed by atoms with van der Waals surface area (Å²) in [5.74, 6) is 0.451. The third-order valence-corrected chi connectivity index (χ3v) is 3.47. The van der Waals surface area contributed by atoms with Crippen molar-refractivity contribution in [3.05, 3.63) is 52.4 Å². The third kappa shape index (κ3) is 2.44. The minimum Gasteiger partial charge on any atom is -0.306 e. The predicted molar refractivity (Wildman–Crippen MR) is 73.5 cm³/mol.